The van der Waals surface area contributed by atoms with Crippen molar-refractivity contribution >= 4 is 29.1 Å². The maximum absolute atomic E-state index is 13.8. The van der Waals surface area contributed by atoms with Crippen LogP contribution in [0.2, 0.25) is 5.15 Å². The van der Waals surface area contributed by atoms with Crippen LogP contribution in [0.5, 0.6) is 0 Å². The molecule has 2 amide bonds. The van der Waals surface area contributed by atoms with Crippen LogP contribution in [-0.4, -0.2) is 62.6 Å². The largest absolute Gasteiger partial charge is 0.472 e. The van der Waals surface area contributed by atoms with Gasteiger partial charge in [-0.05, 0) is 12.1 Å². The molecule has 0 N–H and O–H groups in total. The number of furan rings is 1. The monoisotopic (exact) mass is 502 g/mol. The summed E-state index contributed by atoms with van der Waals surface area (Å²) in [6.45, 7) is -0.352. The van der Waals surface area contributed by atoms with Crippen molar-refractivity contribution in [3.8, 4) is 11.1 Å². The van der Waals surface area contributed by atoms with Crippen LogP contribution in [-0.2, 0) is 11.0 Å². The molecule has 0 bridgehead atoms. The van der Waals surface area contributed by atoms with Gasteiger partial charge in [0.2, 0.25) is 5.91 Å². The molecule has 7 nitrogen and oxygen atoms in total. The zero-order chi connectivity index (χ0) is 24.4. The van der Waals surface area contributed by atoms with Crippen molar-refractivity contribution in [2.24, 2.45) is 0 Å². The Morgan fingerprint density at radius 3 is 2.53 bits per heavy atom. The normalized spacial score (nSPS) is 19.1. The van der Waals surface area contributed by atoms with Gasteiger partial charge in [0.15, 0.2) is 11.3 Å². The van der Waals surface area contributed by atoms with E-state index in [1.807, 2.05) is 0 Å². The lowest BCUT2D eigenvalue weighted by atomic mass is 9.86. The fraction of sp³-hybridized carbons (Fsp3) is 0.381. The zero-order valence-corrected chi connectivity index (χ0v) is 18.0. The smallest absolute Gasteiger partial charge is 0.420 e. The number of alkyl halides is 5. The van der Waals surface area contributed by atoms with Crippen molar-refractivity contribution in [2.45, 2.75) is 31.0 Å². The first-order valence-electron chi connectivity index (χ1n) is 10.2. The molecule has 3 aromatic heterocycles. The molecule has 3 aromatic rings. The summed E-state index contributed by atoms with van der Waals surface area (Å²) in [5.41, 5.74) is -1.58. The van der Waals surface area contributed by atoms with Crippen LogP contribution < -0.4 is 0 Å². The van der Waals surface area contributed by atoms with Crippen LogP contribution in [0, 0.1) is 0 Å². The summed E-state index contributed by atoms with van der Waals surface area (Å²) in [6.07, 6.45) is -1.77. The van der Waals surface area contributed by atoms with Gasteiger partial charge in [-0.1, -0.05) is 11.6 Å². The topological polar surface area (TPSA) is 71.1 Å². The van der Waals surface area contributed by atoms with Crippen LogP contribution >= 0.6 is 11.6 Å². The number of nitrogens with zero attached hydrogens (tertiary/aromatic N) is 4. The third-order valence-corrected chi connectivity index (χ3v) is 6.44. The van der Waals surface area contributed by atoms with E-state index < -0.39 is 66.2 Å². The molecule has 180 valence electrons. The third-order valence-electron chi connectivity index (χ3n) is 6.08. The highest BCUT2D eigenvalue weighted by Gasteiger charge is 2.50. The predicted molar refractivity (Wildman–Crippen MR) is 108 cm³/mol. The Morgan fingerprint density at radius 1 is 1.21 bits per heavy atom. The van der Waals surface area contributed by atoms with Crippen molar-refractivity contribution in [1.82, 2.24) is 19.2 Å². The van der Waals surface area contributed by atoms with E-state index in [2.05, 4.69) is 4.98 Å². The van der Waals surface area contributed by atoms with Crippen molar-refractivity contribution in [3.63, 3.8) is 0 Å². The maximum Gasteiger partial charge on any atom is 0.420 e. The van der Waals surface area contributed by atoms with E-state index >= 15 is 0 Å². The molecule has 1 aliphatic heterocycles. The average molecular weight is 503 g/mol. The number of aromatic nitrogens is 2. The van der Waals surface area contributed by atoms with Gasteiger partial charge >= 0.3 is 6.18 Å². The van der Waals surface area contributed by atoms with Gasteiger partial charge < -0.3 is 14.2 Å². The van der Waals surface area contributed by atoms with Crippen LogP contribution in [0.1, 0.15) is 28.9 Å². The van der Waals surface area contributed by atoms with Crippen LogP contribution in [0.4, 0.5) is 22.0 Å². The Labute approximate surface area is 193 Å². The Morgan fingerprint density at radius 2 is 1.94 bits per heavy atom. The summed E-state index contributed by atoms with van der Waals surface area (Å²) in [7, 11) is 0. The predicted octanol–water partition coefficient (Wildman–Crippen LogP) is 4.35. The number of hydrogen-bond donors (Lipinski definition) is 0. The lowest BCUT2D eigenvalue weighted by Gasteiger charge is -2.45. The molecule has 0 radical (unpaired) electrons. The minimum atomic E-state index is -4.79. The highest BCUT2D eigenvalue weighted by molar-refractivity contribution is 6.33. The second-order valence-corrected chi connectivity index (χ2v) is 8.69. The quantitative estimate of drug-likeness (QED) is 0.499. The molecule has 0 atom stereocenters. The first-order chi connectivity index (χ1) is 15.9. The van der Waals surface area contributed by atoms with Gasteiger partial charge in [-0.2, -0.15) is 13.2 Å². The Bertz CT molecular complexity index is 1280. The fourth-order valence-electron chi connectivity index (χ4n) is 4.29. The number of hydrogen-bond acceptors (Lipinski definition) is 4. The van der Waals surface area contributed by atoms with E-state index in [0.717, 1.165) is 15.4 Å². The number of fused-ring (bicyclic) bond motifs is 1. The standard InChI is InChI=1S/C21H16ClF5N4O3/c22-17-16(19(33)29-2-3-30(15(32)9-29)13-6-20(23,24)7-13)28-18-14(21(25,26)27)5-12(8-31(17)18)11-1-4-34-10-11/h1,4-5,8,10,13H,2-3,6-7,9H2. The maximum atomic E-state index is 13.8. The SMILES string of the molecule is O=C(c1nc2c(C(F)(F)F)cc(-c3ccoc3)cn2c1Cl)N1CCN(C2CC(F)(F)C2)C(=O)C1. The van der Waals surface area contributed by atoms with Gasteiger partial charge in [0, 0.05) is 49.3 Å². The molecule has 2 aliphatic rings. The minimum absolute atomic E-state index is 0.0171. The van der Waals surface area contributed by atoms with Gasteiger partial charge in [0.25, 0.3) is 11.8 Å². The first-order valence-corrected chi connectivity index (χ1v) is 10.6. The summed E-state index contributed by atoms with van der Waals surface area (Å²) >= 11 is 6.29. The molecule has 13 heteroatoms. The molecule has 34 heavy (non-hydrogen) atoms. The van der Waals surface area contributed by atoms with Gasteiger partial charge in [-0.25, -0.2) is 13.8 Å². The molecule has 0 aromatic carbocycles. The average Bonchev–Trinajstić information content (AvgIpc) is 3.39. The molecule has 5 rings (SSSR count). The van der Waals surface area contributed by atoms with Gasteiger partial charge in [0.1, 0.15) is 11.7 Å². The van der Waals surface area contributed by atoms with E-state index in [9.17, 15) is 31.5 Å². The molecular weight excluding hydrogens is 487 g/mol. The number of carbonyl (C=O) groups is 2. The van der Waals surface area contributed by atoms with Crippen molar-refractivity contribution in [2.75, 3.05) is 19.6 Å². The molecule has 0 unspecified atom stereocenters. The number of imidazole rings is 1. The summed E-state index contributed by atoms with van der Waals surface area (Å²) in [5, 5.41) is -0.343. The first kappa shape index (κ1) is 22.6. The second kappa shape index (κ2) is 7.69. The molecule has 1 aliphatic carbocycles. The number of halogens is 6. The second-order valence-electron chi connectivity index (χ2n) is 8.33. The lowest BCUT2D eigenvalue weighted by Crippen LogP contribution is -2.60. The third kappa shape index (κ3) is 3.79. The van der Waals surface area contributed by atoms with Crippen molar-refractivity contribution in [3.05, 3.63) is 47.3 Å². The summed E-state index contributed by atoms with van der Waals surface area (Å²) in [5.74, 6) is -4.13. The molecule has 1 saturated carbocycles. The molecule has 0 spiro atoms. The fourth-order valence-corrected chi connectivity index (χ4v) is 4.55. The lowest BCUT2D eigenvalue weighted by molar-refractivity contribution is -0.157. The highest BCUT2D eigenvalue weighted by Crippen LogP contribution is 2.41. The summed E-state index contributed by atoms with van der Waals surface area (Å²) in [6, 6.07) is 1.77. The highest BCUT2D eigenvalue weighted by atomic mass is 35.5. The Balaban J connectivity index is 1.45. The van der Waals surface area contributed by atoms with E-state index in [-0.39, 0.29) is 23.8 Å². The van der Waals surface area contributed by atoms with Crippen LogP contribution in [0.3, 0.4) is 0 Å². The van der Waals surface area contributed by atoms with Crippen LogP contribution in [0.15, 0.2) is 35.3 Å². The van der Waals surface area contributed by atoms with Gasteiger partial charge in [-0.3, -0.25) is 14.0 Å². The van der Waals surface area contributed by atoms with E-state index in [0.29, 0.717) is 5.56 Å². The van der Waals surface area contributed by atoms with E-state index in [4.69, 9.17) is 16.0 Å². The van der Waals surface area contributed by atoms with E-state index in [1.54, 1.807) is 0 Å². The van der Waals surface area contributed by atoms with Crippen molar-refractivity contribution in [1.29, 1.82) is 0 Å². The van der Waals surface area contributed by atoms with Crippen LogP contribution in [0.25, 0.3) is 16.8 Å². The van der Waals surface area contributed by atoms with Gasteiger partial charge in [-0.15, -0.1) is 0 Å². The summed E-state index contributed by atoms with van der Waals surface area (Å²) in [4.78, 5) is 31.8. The molecular formula is C21H16ClF5N4O3. The molecule has 1 saturated heterocycles. The number of carbonyl (C=O) groups excluding carboxylic acids is 2. The molecule has 4 heterocycles. The van der Waals surface area contributed by atoms with Crippen molar-refractivity contribution < 1.29 is 36.0 Å². The van der Waals surface area contributed by atoms with E-state index in [1.165, 1.54) is 29.7 Å². The number of rotatable bonds is 3. The molecule has 2 fully saturated rings. The van der Waals surface area contributed by atoms with Gasteiger partial charge in [0.05, 0.1) is 18.1 Å². The Hall–Kier alpha value is -3.15. The number of pyridine rings is 1. The summed E-state index contributed by atoms with van der Waals surface area (Å²) < 4.78 is 73.6. The Kier molecular flexibility index (Phi) is 5.12. The zero-order valence-electron chi connectivity index (χ0n) is 17.3. The minimum Gasteiger partial charge on any atom is -0.472 e. The number of piperazine rings is 1. The number of amides is 2.